The van der Waals surface area contributed by atoms with E-state index in [9.17, 15) is 9.90 Å². The molecule has 13 heavy (non-hydrogen) atoms. The van der Waals surface area contributed by atoms with Crippen molar-refractivity contribution in [2.75, 3.05) is 20.2 Å². The first-order chi connectivity index (χ1) is 6.19. The molecular weight excluding hydrogens is 172 g/mol. The number of hydrogen-bond donors (Lipinski definition) is 1. The highest BCUT2D eigenvalue weighted by atomic mass is 16.5. The van der Waals surface area contributed by atoms with E-state index in [4.69, 9.17) is 5.26 Å². The molecule has 0 aromatic carbocycles. The number of β-amino-alcohol motifs (C(OH)–C–C–N with tert-alkyl or cyclic N) is 1. The lowest BCUT2D eigenvalue weighted by Gasteiger charge is -2.31. The molecule has 0 radical (unpaired) electrons. The van der Waals surface area contributed by atoms with Gasteiger partial charge in [0.15, 0.2) is 0 Å². The van der Waals surface area contributed by atoms with E-state index in [2.05, 4.69) is 4.74 Å². The van der Waals surface area contributed by atoms with Crippen molar-refractivity contribution >= 4 is 6.09 Å². The van der Waals surface area contributed by atoms with Crippen LogP contribution in [0.1, 0.15) is 6.42 Å². The zero-order chi connectivity index (χ0) is 9.84. The molecule has 2 unspecified atom stereocenters. The standard InChI is InChI=1S/C8H12N2O3/c1-13-8(12)10-3-2-6(4-9)7(11)5-10/h6-7,11H,2-3,5H2,1H3. The summed E-state index contributed by atoms with van der Waals surface area (Å²) in [4.78, 5) is 12.4. The Labute approximate surface area is 76.5 Å². The Bertz CT molecular complexity index is 236. The number of ether oxygens (including phenoxy) is 1. The van der Waals surface area contributed by atoms with E-state index in [1.807, 2.05) is 6.07 Å². The largest absolute Gasteiger partial charge is 0.453 e. The summed E-state index contributed by atoms with van der Waals surface area (Å²) < 4.78 is 4.50. The Morgan fingerprint density at radius 2 is 2.46 bits per heavy atom. The fourth-order valence-corrected chi connectivity index (χ4v) is 1.38. The molecule has 0 bridgehead atoms. The second-order valence-corrected chi connectivity index (χ2v) is 3.01. The van der Waals surface area contributed by atoms with Gasteiger partial charge >= 0.3 is 6.09 Å². The van der Waals surface area contributed by atoms with Gasteiger partial charge in [-0.05, 0) is 6.42 Å². The lowest BCUT2D eigenvalue weighted by molar-refractivity contribution is 0.0374. The van der Waals surface area contributed by atoms with Crippen LogP contribution in [0.3, 0.4) is 0 Å². The minimum Gasteiger partial charge on any atom is -0.453 e. The van der Waals surface area contributed by atoms with E-state index in [0.717, 1.165) is 0 Å². The van der Waals surface area contributed by atoms with E-state index < -0.39 is 12.2 Å². The maximum absolute atomic E-state index is 11.0. The van der Waals surface area contributed by atoms with E-state index in [1.54, 1.807) is 0 Å². The van der Waals surface area contributed by atoms with Crippen LogP contribution in [0.2, 0.25) is 0 Å². The van der Waals surface area contributed by atoms with Crippen LogP contribution < -0.4 is 0 Å². The molecule has 1 N–H and O–H groups in total. The average molecular weight is 184 g/mol. The number of nitriles is 1. The van der Waals surface area contributed by atoms with Gasteiger partial charge in [0, 0.05) is 6.54 Å². The first-order valence-corrected chi connectivity index (χ1v) is 4.09. The van der Waals surface area contributed by atoms with Crippen molar-refractivity contribution in [1.82, 2.24) is 4.90 Å². The first-order valence-electron chi connectivity index (χ1n) is 4.09. The Morgan fingerprint density at radius 1 is 1.77 bits per heavy atom. The monoisotopic (exact) mass is 184 g/mol. The van der Waals surface area contributed by atoms with Crippen molar-refractivity contribution in [2.24, 2.45) is 5.92 Å². The van der Waals surface area contributed by atoms with E-state index in [1.165, 1.54) is 12.0 Å². The van der Waals surface area contributed by atoms with Crippen molar-refractivity contribution in [3.8, 4) is 6.07 Å². The molecular formula is C8H12N2O3. The number of amides is 1. The summed E-state index contributed by atoms with van der Waals surface area (Å²) in [6, 6.07) is 2.00. The van der Waals surface area contributed by atoms with Crippen molar-refractivity contribution in [1.29, 1.82) is 5.26 Å². The van der Waals surface area contributed by atoms with Crippen LogP contribution in [0.25, 0.3) is 0 Å². The van der Waals surface area contributed by atoms with Crippen LogP contribution in [-0.4, -0.2) is 42.4 Å². The van der Waals surface area contributed by atoms with Crippen LogP contribution in [0.15, 0.2) is 0 Å². The first kappa shape index (κ1) is 9.81. The summed E-state index contributed by atoms with van der Waals surface area (Å²) >= 11 is 0. The van der Waals surface area contributed by atoms with Gasteiger partial charge in [-0.1, -0.05) is 0 Å². The van der Waals surface area contributed by atoms with Gasteiger partial charge in [0.2, 0.25) is 0 Å². The Morgan fingerprint density at radius 3 is 2.92 bits per heavy atom. The van der Waals surface area contributed by atoms with E-state index >= 15 is 0 Å². The van der Waals surface area contributed by atoms with Gasteiger partial charge in [0.05, 0.1) is 31.7 Å². The molecule has 0 saturated carbocycles. The zero-order valence-corrected chi connectivity index (χ0v) is 7.43. The molecule has 5 nitrogen and oxygen atoms in total. The van der Waals surface area contributed by atoms with Crippen LogP contribution in [-0.2, 0) is 4.74 Å². The molecule has 1 amide bonds. The third-order valence-electron chi connectivity index (χ3n) is 2.18. The van der Waals surface area contributed by atoms with E-state index in [-0.39, 0.29) is 12.5 Å². The summed E-state index contributed by atoms with van der Waals surface area (Å²) in [7, 11) is 1.30. The molecule has 1 saturated heterocycles. The topological polar surface area (TPSA) is 73.6 Å². The van der Waals surface area contributed by atoms with Crippen LogP contribution in [0, 0.1) is 17.2 Å². The van der Waals surface area contributed by atoms with Gasteiger partial charge in [0.25, 0.3) is 0 Å². The predicted molar refractivity (Wildman–Crippen MR) is 43.7 cm³/mol. The normalized spacial score (nSPS) is 27.9. The number of carbonyl (C=O) groups is 1. The number of piperidine rings is 1. The second-order valence-electron chi connectivity index (χ2n) is 3.01. The van der Waals surface area contributed by atoms with Crippen LogP contribution in [0.5, 0.6) is 0 Å². The molecule has 1 aliphatic rings. The number of carbonyl (C=O) groups excluding carboxylic acids is 1. The van der Waals surface area contributed by atoms with Gasteiger partial charge in [-0.25, -0.2) is 4.79 Å². The summed E-state index contributed by atoms with van der Waals surface area (Å²) in [5.74, 6) is -0.360. The molecule has 1 heterocycles. The quantitative estimate of drug-likeness (QED) is 0.573. The Hall–Kier alpha value is -1.28. The SMILES string of the molecule is COC(=O)N1CCC(C#N)C(O)C1. The number of nitrogens with zero attached hydrogens (tertiary/aromatic N) is 2. The number of likely N-dealkylation sites (tertiary alicyclic amines) is 1. The number of methoxy groups -OCH3 is 1. The minimum absolute atomic E-state index is 0.185. The van der Waals surface area contributed by atoms with Crippen molar-refractivity contribution in [2.45, 2.75) is 12.5 Å². The van der Waals surface area contributed by atoms with Crippen LogP contribution >= 0.6 is 0 Å². The summed E-state index contributed by atoms with van der Waals surface area (Å²) in [5, 5.41) is 18.0. The molecule has 72 valence electrons. The second kappa shape index (κ2) is 4.10. The predicted octanol–water partition coefficient (Wildman–Crippen LogP) is -0.0408. The van der Waals surface area contributed by atoms with Crippen molar-refractivity contribution < 1.29 is 14.6 Å². The number of hydrogen-bond acceptors (Lipinski definition) is 4. The molecule has 0 spiro atoms. The third-order valence-corrected chi connectivity index (χ3v) is 2.18. The van der Waals surface area contributed by atoms with Gasteiger partial charge in [-0.3, -0.25) is 0 Å². The molecule has 0 aromatic rings. The third kappa shape index (κ3) is 2.10. The summed E-state index contributed by atoms with van der Waals surface area (Å²) in [6.07, 6.45) is -0.694. The summed E-state index contributed by atoms with van der Waals surface area (Å²) in [5.41, 5.74) is 0. The molecule has 2 atom stereocenters. The molecule has 5 heteroatoms. The molecule has 0 aromatic heterocycles. The fourth-order valence-electron chi connectivity index (χ4n) is 1.38. The highest BCUT2D eigenvalue weighted by molar-refractivity contribution is 5.67. The van der Waals surface area contributed by atoms with Crippen molar-refractivity contribution in [3.63, 3.8) is 0 Å². The number of rotatable bonds is 0. The highest BCUT2D eigenvalue weighted by Gasteiger charge is 2.30. The molecule has 0 aliphatic carbocycles. The lowest BCUT2D eigenvalue weighted by atomic mass is 9.96. The smallest absolute Gasteiger partial charge is 0.409 e. The van der Waals surface area contributed by atoms with Gasteiger partial charge in [0.1, 0.15) is 0 Å². The Kier molecular flexibility index (Phi) is 3.09. The van der Waals surface area contributed by atoms with E-state index in [0.29, 0.717) is 13.0 Å². The highest BCUT2D eigenvalue weighted by Crippen LogP contribution is 2.17. The summed E-state index contributed by atoms with van der Waals surface area (Å²) in [6.45, 7) is 0.660. The average Bonchev–Trinajstić information content (AvgIpc) is 2.16. The zero-order valence-electron chi connectivity index (χ0n) is 7.43. The van der Waals surface area contributed by atoms with Gasteiger partial charge < -0.3 is 14.7 Å². The molecule has 1 rings (SSSR count). The number of aliphatic hydroxyl groups is 1. The maximum Gasteiger partial charge on any atom is 0.409 e. The fraction of sp³-hybridized carbons (Fsp3) is 0.750. The van der Waals surface area contributed by atoms with Crippen LogP contribution in [0.4, 0.5) is 4.79 Å². The Balaban J connectivity index is 2.51. The van der Waals surface area contributed by atoms with Gasteiger partial charge in [-0.15, -0.1) is 0 Å². The molecule has 1 aliphatic heterocycles. The maximum atomic E-state index is 11.0. The number of aliphatic hydroxyl groups excluding tert-OH is 1. The van der Waals surface area contributed by atoms with Crippen molar-refractivity contribution in [3.05, 3.63) is 0 Å². The molecule has 1 fully saturated rings. The minimum atomic E-state index is -0.752. The lowest BCUT2D eigenvalue weighted by Crippen LogP contribution is -2.46. The van der Waals surface area contributed by atoms with Gasteiger partial charge in [-0.2, -0.15) is 5.26 Å².